The number of aromatic nitrogens is 2. The van der Waals surface area contributed by atoms with E-state index in [2.05, 4.69) is 93.4 Å². The third kappa shape index (κ3) is 2.70. The van der Waals surface area contributed by atoms with Gasteiger partial charge >= 0.3 is 0 Å². The van der Waals surface area contributed by atoms with E-state index in [9.17, 15) is 0 Å². The smallest absolute Gasteiger partial charge is 0.0732 e. The Morgan fingerprint density at radius 3 is 1.44 bits per heavy atom. The van der Waals surface area contributed by atoms with E-state index < -0.39 is 0 Å². The number of para-hydroxylation sites is 2. The van der Waals surface area contributed by atoms with Crippen LogP contribution in [0.5, 0.6) is 0 Å². The van der Waals surface area contributed by atoms with Crippen LogP contribution >= 0.6 is 0 Å². The Labute approximate surface area is 187 Å². The van der Waals surface area contributed by atoms with Gasteiger partial charge in [-0.05, 0) is 47.2 Å². The van der Waals surface area contributed by atoms with Crippen LogP contribution in [0.1, 0.15) is 45.7 Å². The minimum Gasteiger partial charge on any atom is -0.357 e. The molecule has 4 heteroatoms. The highest BCUT2D eigenvalue weighted by Gasteiger charge is 2.27. The van der Waals surface area contributed by atoms with Gasteiger partial charge in [-0.3, -0.25) is 0 Å². The van der Waals surface area contributed by atoms with Crippen LogP contribution in [0.15, 0.2) is 72.8 Å². The summed E-state index contributed by atoms with van der Waals surface area (Å²) in [6.07, 6.45) is 2.15. The molecule has 158 valence electrons. The van der Waals surface area contributed by atoms with Crippen LogP contribution in [-0.2, 0) is 12.8 Å². The molecule has 0 saturated carbocycles. The zero-order chi connectivity index (χ0) is 21.1. The number of rotatable bonds is 2. The summed E-state index contributed by atoms with van der Waals surface area (Å²) in [4.78, 5) is 7.38. The van der Waals surface area contributed by atoms with E-state index in [1.54, 1.807) is 0 Å². The van der Waals surface area contributed by atoms with Gasteiger partial charge in [-0.25, -0.2) is 0 Å². The standard InChI is InChI=1S/C28H26N4/c1-3-7-23-19(5-1)21-13-15-29-25(27(21)31-23)17-9-11-18(12-10-17)26-28-22(14-16-30-26)20-6-2-4-8-24(20)32-28/h1-12,25-26,29-32H,13-16H2/t25-,26-/m0/s1. The lowest BCUT2D eigenvalue weighted by atomic mass is 9.91. The Morgan fingerprint density at radius 2 is 0.969 bits per heavy atom. The molecule has 5 aromatic rings. The second-order valence-electron chi connectivity index (χ2n) is 9.07. The fraction of sp³-hybridized carbons (Fsp3) is 0.214. The molecule has 4 nitrogen and oxygen atoms in total. The molecule has 0 unspecified atom stereocenters. The quantitative estimate of drug-likeness (QED) is 0.322. The average Bonchev–Trinajstić information content (AvgIpc) is 3.42. The van der Waals surface area contributed by atoms with Crippen molar-refractivity contribution in [1.29, 1.82) is 0 Å². The van der Waals surface area contributed by atoms with Crippen molar-refractivity contribution in [3.8, 4) is 0 Å². The molecule has 0 aliphatic carbocycles. The van der Waals surface area contributed by atoms with Crippen LogP contribution < -0.4 is 10.6 Å². The van der Waals surface area contributed by atoms with Gasteiger partial charge in [0.25, 0.3) is 0 Å². The minimum absolute atomic E-state index is 0.211. The van der Waals surface area contributed by atoms with Gasteiger partial charge in [0.05, 0.1) is 12.1 Å². The highest BCUT2D eigenvalue weighted by atomic mass is 15.0. The van der Waals surface area contributed by atoms with Gasteiger partial charge in [0.1, 0.15) is 0 Å². The predicted octanol–water partition coefficient (Wildman–Crippen LogP) is 5.12. The van der Waals surface area contributed by atoms with Crippen LogP contribution in [0, 0.1) is 0 Å². The van der Waals surface area contributed by atoms with Gasteiger partial charge in [-0.2, -0.15) is 0 Å². The molecule has 2 aliphatic heterocycles. The van der Waals surface area contributed by atoms with Gasteiger partial charge in [0, 0.05) is 46.3 Å². The molecular formula is C28H26N4. The highest BCUT2D eigenvalue weighted by molar-refractivity contribution is 5.86. The fourth-order valence-corrected chi connectivity index (χ4v) is 5.81. The molecule has 3 aromatic carbocycles. The maximum Gasteiger partial charge on any atom is 0.0732 e. The molecule has 4 heterocycles. The van der Waals surface area contributed by atoms with Crippen molar-refractivity contribution < 1.29 is 0 Å². The molecule has 4 N–H and O–H groups in total. The van der Waals surface area contributed by atoms with E-state index in [0.717, 1.165) is 25.9 Å². The second kappa shape index (κ2) is 7.09. The summed E-state index contributed by atoms with van der Waals surface area (Å²) in [5.74, 6) is 0. The Balaban J connectivity index is 1.25. The Hall–Kier alpha value is -3.34. The SMILES string of the molecule is c1ccc2c3c([nH]c2c1)[C@H](c1ccc([C@@H]2NCCc4c2[nH]c2ccccc42)cc1)NCC3. The van der Waals surface area contributed by atoms with Crippen LogP contribution in [0.25, 0.3) is 21.8 Å². The number of fused-ring (bicyclic) bond motifs is 6. The first kappa shape index (κ1) is 18.3. The maximum absolute atomic E-state index is 3.73. The highest BCUT2D eigenvalue weighted by Crippen LogP contribution is 2.36. The second-order valence-corrected chi connectivity index (χ2v) is 9.07. The van der Waals surface area contributed by atoms with Crippen LogP contribution in [0.3, 0.4) is 0 Å². The van der Waals surface area contributed by atoms with E-state index in [1.807, 2.05) is 0 Å². The lowest BCUT2D eigenvalue weighted by Crippen LogP contribution is -2.31. The molecule has 7 rings (SSSR count). The van der Waals surface area contributed by atoms with Gasteiger partial charge in [0.15, 0.2) is 0 Å². The van der Waals surface area contributed by atoms with Gasteiger partial charge in [-0.1, -0.05) is 60.7 Å². The van der Waals surface area contributed by atoms with E-state index in [-0.39, 0.29) is 12.1 Å². The monoisotopic (exact) mass is 418 g/mol. The summed E-state index contributed by atoms with van der Waals surface area (Å²) < 4.78 is 0. The molecule has 2 aliphatic rings. The largest absolute Gasteiger partial charge is 0.357 e. The molecule has 0 radical (unpaired) electrons. The number of hydrogen-bond acceptors (Lipinski definition) is 2. The summed E-state index contributed by atoms with van der Waals surface area (Å²) in [6.45, 7) is 2.01. The van der Waals surface area contributed by atoms with Crippen LogP contribution in [0.2, 0.25) is 0 Å². The van der Waals surface area contributed by atoms with Crippen molar-refractivity contribution in [2.24, 2.45) is 0 Å². The van der Waals surface area contributed by atoms with Crippen molar-refractivity contribution in [1.82, 2.24) is 20.6 Å². The first-order valence-corrected chi connectivity index (χ1v) is 11.6. The van der Waals surface area contributed by atoms with Gasteiger partial charge < -0.3 is 20.6 Å². The number of H-pyrrole nitrogens is 2. The molecule has 0 spiro atoms. The molecule has 0 amide bonds. The summed E-state index contributed by atoms with van der Waals surface area (Å²) in [6, 6.07) is 26.9. The molecule has 0 fully saturated rings. The summed E-state index contributed by atoms with van der Waals surface area (Å²) in [5.41, 5.74) is 10.7. The fourth-order valence-electron chi connectivity index (χ4n) is 5.81. The van der Waals surface area contributed by atoms with Crippen molar-refractivity contribution in [2.75, 3.05) is 13.1 Å². The molecule has 2 aromatic heterocycles. The van der Waals surface area contributed by atoms with E-state index in [1.165, 1.54) is 55.4 Å². The number of hydrogen-bond donors (Lipinski definition) is 4. The van der Waals surface area contributed by atoms with Crippen molar-refractivity contribution in [2.45, 2.75) is 24.9 Å². The topological polar surface area (TPSA) is 55.6 Å². The number of aromatic amines is 2. The minimum atomic E-state index is 0.211. The Morgan fingerprint density at radius 1 is 0.531 bits per heavy atom. The van der Waals surface area contributed by atoms with Gasteiger partial charge in [-0.15, -0.1) is 0 Å². The third-order valence-corrected chi connectivity index (χ3v) is 7.32. The summed E-state index contributed by atoms with van der Waals surface area (Å²) >= 11 is 0. The average molecular weight is 419 g/mol. The first-order valence-electron chi connectivity index (χ1n) is 11.6. The van der Waals surface area contributed by atoms with Crippen LogP contribution in [0.4, 0.5) is 0 Å². The first-order chi connectivity index (χ1) is 15.9. The molecular weight excluding hydrogens is 392 g/mol. The molecule has 0 bridgehead atoms. The lowest BCUT2D eigenvalue weighted by Gasteiger charge is -2.27. The maximum atomic E-state index is 3.73. The zero-order valence-electron chi connectivity index (χ0n) is 17.9. The van der Waals surface area contributed by atoms with Crippen molar-refractivity contribution in [3.05, 3.63) is 106 Å². The summed E-state index contributed by atoms with van der Waals surface area (Å²) in [5, 5.41) is 10.2. The Bertz CT molecular complexity index is 1330. The number of benzene rings is 3. The normalized spacial score (nSPS) is 20.4. The van der Waals surface area contributed by atoms with E-state index in [4.69, 9.17) is 0 Å². The lowest BCUT2D eigenvalue weighted by molar-refractivity contribution is 0.553. The predicted molar refractivity (Wildman–Crippen MR) is 130 cm³/mol. The number of nitrogens with one attached hydrogen (secondary N) is 4. The molecule has 0 saturated heterocycles. The molecule has 32 heavy (non-hydrogen) atoms. The zero-order valence-corrected chi connectivity index (χ0v) is 17.9. The third-order valence-electron chi connectivity index (χ3n) is 7.32. The molecule has 2 atom stereocenters. The van der Waals surface area contributed by atoms with Crippen molar-refractivity contribution in [3.63, 3.8) is 0 Å². The van der Waals surface area contributed by atoms with Gasteiger partial charge in [0.2, 0.25) is 0 Å². The van der Waals surface area contributed by atoms with E-state index >= 15 is 0 Å². The Kier molecular flexibility index (Phi) is 4.04. The van der Waals surface area contributed by atoms with E-state index in [0.29, 0.717) is 0 Å². The summed E-state index contributed by atoms with van der Waals surface area (Å²) in [7, 11) is 0. The van der Waals surface area contributed by atoms with Crippen molar-refractivity contribution >= 4 is 21.8 Å². The van der Waals surface area contributed by atoms with Crippen LogP contribution in [-0.4, -0.2) is 23.1 Å².